The average Bonchev–Trinajstić information content (AvgIpc) is 2.92. The first kappa shape index (κ1) is 14.9. The molecule has 0 saturated heterocycles. The van der Waals surface area contributed by atoms with E-state index < -0.39 is 0 Å². The number of likely N-dealkylation sites (N-methyl/N-ethyl adjacent to an activating group) is 1. The summed E-state index contributed by atoms with van der Waals surface area (Å²) in [7, 11) is 1.99. The molecule has 1 aliphatic heterocycles. The number of rotatable bonds is 4. The van der Waals surface area contributed by atoms with Crippen LogP contribution in [-0.4, -0.2) is 18.8 Å². The Morgan fingerprint density at radius 1 is 1.33 bits per heavy atom. The van der Waals surface area contributed by atoms with E-state index in [1.165, 1.54) is 16.5 Å². The highest BCUT2D eigenvalue weighted by atomic mass is 35.5. The van der Waals surface area contributed by atoms with Crippen molar-refractivity contribution in [3.63, 3.8) is 0 Å². The van der Waals surface area contributed by atoms with E-state index in [2.05, 4.69) is 29.6 Å². The number of benzene rings is 2. The number of hydrogen-bond acceptors (Lipinski definition) is 2. The van der Waals surface area contributed by atoms with Crippen LogP contribution in [0.2, 0.25) is 5.02 Å². The molecule has 0 aliphatic carbocycles. The van der Waals surface area contributed by atoms with E-state index in [0.717, 1.165) is 17.7 Å². The van der Waals surface area contributed by atoms with Crippen molar-refractivity contribution in [1.82, 2.24) is 5.32 Å². The molecule has 1 N–H and O–H groups in total. The maximum absolute atomic E-state index is 13.3. The monoisotopic (exact) mass is 321 g/mol. The molecule has 0 spiro atoms. The third-order valence-electron chi connectivity index (χ3n) is 4.03. The fraction of sp³-hybridized carbons (Fsp3) is 0.294. The van der Waals surface area contributed by atoms with E-state index in [0.29, 0.717) is 12.0 Å². The first-order chi connectivity index (χ1) is 10.2. The molecule has 2 unspecified atom stereocenters. The molecule has 1 aliphatic rings. The molecule has 2 atom stereocenters. The molecular weight excluding hydrogens is 305 g/mol. The Bertz CT molecular complexity index is 646. The van der Waals surface area contributed by atoms with Gasteiger partial charge in [0.2, 0.25) is 0 Å². The summed E-state index contributed by atoms with van der Waals surface area (Å²) in [5.74, 6) is 1.20. The molecule has 0 saturated carbocycles. The van der Waals surface area contributed by atoms with Gasteiger partial charge in [-0.25, -0.2) is 4.39 Å². The maximum atomic E-state index is 13.3. The molecular formula is C17H17ClFNS. The van der Waals surface area contributed by atoms with E-state index in [9.17, 15) is 4.39 Å². The second-order valence-corrected chi connectivity index (χ2v) is 6.77. The molecule has 0 amide bonds. The SMILES string of the molecule is CNC(Cc1ccc(F)c(Cl)c1)C1CSc2ccccc21. The summed E-state index contributed by atoms with van der Waals surface area (Å²) in [6.07, 6.45) is 0.843. The summed E-state index contributed by atoms with van der Waals surface area (Å²) in [5, 5.41) is 3.62. The van der Waals surface area contributed by atoms with Gasteiger partial charge >= 0.3 is 0 Å². The minimum Gasteiger partial charge on any atom is -0.316 e. The molecule has 0 aromatic heterocycles. The van der Waals surface area contributed by atoms with Crippen molar-refractivity contribution in [3.05, 3.63) is 64.4 Å². The van der Waals surface area contributed by atoms with Crippen LogP contribution in [0.25, 0.3) is 0 Å². The Morgan fingerprint density at radius 3 is 2.90 bits per heavy atom. The zero-order valence-electron chi connectivity index (χ0n) is 11.8. The van der Waals surface area contributed by atoms with Gasteiger partial charge in [0.15, 0.2) is 0 Å². The van der Waals surface area contributed by atoms with Crippen LogP contribution in [0.1, 0.15) is 17.0 Å². The van der Waals surface area contributed by atoms with Gasteiger partial charge in [-0.15, -0.1) is 11.8 Å². The Balaban J connectivity index is 1.81. The Kier molecular flexibility index (Phi) is 4.53. The Hall–Kier alpha value is -1.03. The summed E-state index contributed by atoms with van der Waals surface area (Å²) in [6, 6.07) is 13.9. The predicted molar refractivity (Wildman–Crippen MR) is 87.9 cm³/mol. The summed E-state index contributed by atoms with van der Waals surface area (Å²) in [4.78, 5) is 1.37. The standard InChI is InChI=1S/C17H17ClFNS/c1-20-16(9-11-6-7-15(19)14(18)8-11)13-10-21-17-5-3-2-4-12(13)17/h2-8,13,16,20H,9-10H2,1H3. The van der Waals surface area contributed by atoms with Crippen molar-refractivity contribution in [2.75, 3.05) is 12.8 Å². The minimum absolute atomic E-state index is 0.198. The van der Waals surface area contributed by atoms with Gasteiger partial charge in [0.05, 0.1) is 5.02 Å². The van der Waals surface area contributed by atoms with Crippen molar-refractivity contribution in [2.45, 2.75) is 23.3 Å². The number of fused-ring (bicyclic) bond motifs is 1. The lowest BCUT2D eigenvalue weighted by molar-refractivity contribution is 0.488. The minimum atomic E-state index is -0.358. The largest absolute Gasteiger partial charge is 0.316 e. The van der Waals surface area contributed by atoms with Gasteiger partial charge in [0, 0.05) is 22.6 Å². The maximum Gasteiger partial charge on any atom is 0.141 e. The van der Waals surface area contributed by atoms with Gasteiger partial charge in [0.1, 0.15) is 5.82 Å². The third-order valence-corrected chi connectivity index (χ3v) is 5.53. The summed E-state index contributed by atoms with van der Waals surface area (Å²) in [6.45, 7) is 0. The van der Waals surface area contributed by atoms with Crippen molar-refractivity contribution in [1.29, 1.82) is 0 Å². The molecule has 0 fully saturated rings. The Morgan fingerprint density at radius 2 is 2.14 bits per heavy atom. The molecule has 3 rings (SSSR count). The number of thioether (sulfide) groups is 1. The highest BCUT2D eigenvalue weighted by molar-refractivity contribution is 7.99. The highest BCUT2D eigenvalue weighted by Crippen LogP contribution is 2.41. The predicted octanol–water partition coefficient (Wildman–Crippen LogP) is 4.50. The average molecular weight is 322 g/mol. The van der Waals surface area contributed by atoms with Crippen molar-refractivity contribution < 1.29 is 4.39 Å². The van der Waals surface area contributed by atoms with Crippen LogP contribution < -0.4 is 5.32 Å². The van der Waals surface area contributed by atoms with E-state index >= 15 is 0 Å². The van der Waals surface area contributed by atoms with Crippen LogP contribution in [0.15, 0.2) is 47.4 Å². The fourth-order valence-electron chi connectivity index (χ4n) is 2.89. The second-order valence-electron chi connectivity index (χ2n) is 5.30. The quantitative estimate of drug-likeness (QED) is 0.890. The van der Waals surface area contributed by atoms with Gasteiger partial charge in [-0.1, -0.05) is 35.9 Å². The topological polar surface area (TPSA) is 12.0 Å². The lowest BCUT2D eigenvalue weighted by atomic mass is 9.89. The number of hydrogen-bond donors (Lipinski definition) is 1. The van der Waals surface area contributed by atoms with Crippen molar-refractivity contribution in [2.24, 2.45) is 0 Å². The number of halogens is 2. The van der Waals surface area contributed by atoms with Crippen LogP contribution in [0.4, 0.5) is 4.39 Å². The second kappa shape index (κ2) is 6.39. The Labute approximate surface area is 133 Å². The highest BCUT2D eigenvalue weighted by Gasteiger charge is 2.29. The fourth-order valence-corrected chi connectivity index (χ4v) is 4.42. The smallest absolute Gasteiger partial charge is 0.141 e. The van der Waals surface area contributed by atoms with Gasteiger partial charge < -0.3 is 5.32 Å². The summed E-state index contributed by atoms with van der Waals surface area (Å²) in [5.41, 5.74) is 2.48. The summed E-state index contributed by atoms with van der Waals surface area (Å²) >= 11 is 7.79. The lowest BCUT2D eigenvalue weighted by Gasteiger charge is -2.24. The molecule has 0 radical (unpaired) electrons. The molecule has 2 aromatic carbocycles. The van der Waals surface area contributed by atoms with Gasteiger partial charge in [-0.3, -0.25) is 0 Å². The zero-order chi connectivity index (χ0) is 14.8. The van der Waals surface area contributed by atoms with E-state index in [-0.39, 0.29) is 10.8 Å². The van der Waals surface area contributed by atoms with Gasteiger partial charge in [0.25, 0.3) is 0 Å². The van der Waals surface area contributed by atoms with E-state index in [4.69, 9.17) is 11.6 Å². The molecule has 0 bridgehead atoms. The molecule has 1 heterocycles. The first-order valence-corrected chi connectivity index (χ1v) is 8.38. The molecule has 1 nitrogen and oxygen atoms in total. The normalized spacial score (nSPS) is 18.5. The number of nitrogens with one attached hydrogen (secondary N) is 1. The zero-order valence-corrected chi connectivity index (χ0v) is 13.3. The summed E-state index contributed by atoms with van der Waals surface area (Å²) < 4.78 is 13.3. The van der Waals surface area contributed by atoms with Crippen LogP contribution in [0, 0.1) is 5.82 Å². The van der Waals surface area contributed by atoms with Gasteiger partial charge in [-0.05, 0) is 42.8 Å². The van der Waals surface area contributed by atoms with E-state index in [1.807, 2.05) is 24.9 Å². The van der Waals surface area contributed by atoms with Crippen LogP contribution in [0.3, 0.4) is 0 Å². The molecule has 21 heavy (non-hydrogen) atoms. The van der Waals surface area contributed by atoms with Crippen LogP contribution >= 0.6 is 23.4 Å². The van der Waals surface area contributed by atoms with E-state index in [1.54, 1.807) is 6.07 Å². The van der Waals surface area contributed by atoms with Crippen molar-refractivity contribution in [3.8, 4) is 0 Å². The third kappa shape index (κ3) is 3.10. The molecule has 110 valence electrons. The van der Waals surface area contributed by atoms with Crippen LogP contribution in [-0.2, 0) is 6.42 Å². The van der Waals surface area contributed by atoms with Gasteiger partial charge in [-0.2, -0.15) is 0 Å². The lowest BCUT2D eigenvalue weighted by Crippen LogP contribution is -2.34. The van der Waals surface area contributed by atoms with Crippen molar-refractivity contribution >= 4 is 23.4 Å². The first-order valence-electron chi connectivity index (χ1n) is 7.02. The molecule has 4 heteroatoms. The van der Waals surface area contributed by atoms with Crippen LogP contribution in [0.5, 0.6) is 0 Å². The molecule has 2 aromatic rings.